The summed E-state index contributed by atoms with van der Waals surface area (Å²) in [6, 6.07) is 0.244. The molecule has 16 heavy (non-hydrogen) atoms. The van der Waals surface area contributed by atoms with Gasteiger partial charge in [-0.05, 0) is 37.0 Å². The molecule has 3 heteroatoms. The summed E-state index contributed by atoms with van der Waals surface area (Å²) in [4.78, 5) is 0. The lowest BCUT2D eigenvalue weighted by molar-refractivity contribution is -0.0959. The van der Waals surface area contributed by atoms with Gasteiger partial charge in [-0.25, -0.2) is 0 Å². The van der Waals surface area contributed by atoms with E-state index in [4.69, 9.17) is 10.6 Å². The Labute approximate surface area is 100 Å². The number of methoxy groups -OCH3 is 1. The number of nitrogens with one attached hydrogen (secondary N) is 1. The van der Waals surface area contributed by atoms with Gasteiger partial charge in [-0.1, -0.05) is 27.7 Å². The first-order valence-corrected chi connectivity index (χ1v) is 6.38. The van der Waals surface area contributed by atoms with Crippen molar-refractivity contribution in [1.29, 1.82) is 0 Å². The first-order chi connectivity index (χ1) is 7.37. The van der Waals surface area contributed by atoms with Crippen molar-refractivity contribution in [1.82, 2.24) is 5.43 Å². The quantitative estimate of drug-likeness (QED) is 0.574. The molecule has 0 radical (unpaired) electrons. The molecule has 1 aliphatic carbocycles. The van der Waals surface area contributed by atoms with Crippen molar-refractivity contribution in [2.75, 3.05) is 7.11 Å². The van der Waals surface area contributed by atoms with Crippen molar-refractivity contribution in [3.05, 3.63) is 0 Å². The van der Waals surface area contributed by atoms with Gasteiger partial charge in [0.25, 0.3) is 0 Å². The maximum Gasteiger partial charge on any atom is 0.0847 e. The first kappa shape index (κ1) is 13.9. The maximum absolute atomic E-state index is 5.84. The SMILES string of the molecule is COC1(C(NN)C(C)C)CCC(C)(C)CC1. The number of ether oxygens (including phenoxy) is 1. The highest BCUT2D eigenvalue weighted by atomic mass is 16.5. The Kier molecular flexibility index (Phi) is 4.38. The molecular formula is C13H28N2O. The molecule has 3 N–H and O–H groups in total. The molecule has 0 aromatic heterocycles. The summed E-state index contributed by atoms with van der Waals surface area (Å²) in [6.07, 6.45) is 4.63. The lowest BCUT2D eigenvalue weighted by atomic mass is 9.67. The standard InChI is InChI=1S/C13H28N2O/c1-10(2)11(15-14)13(16-5)8-6-12(3,4)7-9-13/h10-11,15H,6-9,14H2,1-5H3. The van der Waals surface area contributed by atoms with Crippen LogP contribution in [-0.4, -0.2) is 18.8 Å². The highest BCUT2D eigenvalue weighted by molar-refractivity contribution is 4.99. The van der Waals surface area contributed by atoms with Gasteiger partial charge in [-0.3, -0.25) is 11.3 Å². The van der Waals surface area contributed by atoms with E-state index < -0.39 is 0 Å². The molecule has 3 nitrogen and oxygen atoms in total. The minimum absolute atomic E-state index is 0.0710. The molecule has 0 amide bonds. The fourth-order valence-corrected chi connectivity index (χ4v) is 2.94. The average Bonchev–Trinajstić information content (AvgIpc) is 2.21. The van der Waals surface area contributed by atoms with Crippen LogP contribution in [0.2, 0.25) is 0 Å². The van der Waals surface area contributed by atoms with Crippen LogP contribution >= 0.6 is 0 Å². The van der Waals surface area contributed by atoms with Crippen molar-refractivity contribution in [3.63, 3.8) is 0 Å². The Hall–Kier alpha value is -0.120. The Morgan fingerprint density at radius 1 is 1.12 bits per heavy atom. The van der Waals surface area contributed by atoms with Gasteiger partial charge in [0.05, 0.1) is 11.6 Å². The van der Waals surface area contributed by atoms with Crippen LogP contribution < -0.4 is 11.3 Å². The van der Waals surface area contributed by atoms with Gasteiger partial charge in [0.15, 0.2) is 0 Å². The van der Waals surface area contributed by atoms with Gasteiger partial charge in [-0.2, -0.15) is 0 Å². The largest absolute Gasteiger partial charge is 0.377 e. The monoisotopic (exact) mass is 228 g/mol. The van der Waals surface area contributed by atoms with E-state index in [0.717, 1.165) is 12.8 Å². The number of nitrogens with two attached hydrogens (primary N) is 1. The predicted molar refractivity (Wildman–Crippen MR) is 67.9 cm³/mol. The van der Waals surface area contributed by atoms with Gasteiger partial charge < -0.3 is 4.74 Å². The maximum atomic E-state index is 5.84. The highest BCUT2D eigenvalue weighted by Gasteiger charge is 2.44. The Morgan fingerprint density at radius 2 is 1.62 bits per heavy atom. The average molecular weight is 228 g/mol. The summed E-state index contributed by atoms with van der Waals surface area (Å²) in [5, 5.41) is 0. The lowest BCUT2D eigenvalue weighted by Gasteiger charge is -2.48. The van der Waals surface area contributed by atoms with Crippen molar-refractivity contribution in [2.45, 2.75) is 65.0 Å². The van der Waals surface area contributed by atoms with Gasteiger partial charge in [0.2, 0.25) is 0 Å². The van der Waals surface area contributed by atoms with Crippen LogP contribution in [0.25, 0.3) is 0 Å². The van der Waals surface area contributed by atoms with Crippen molar-refractivity contribution < 1.29 is 4.74 Å². The first-order valence-electron chi connectivity index (χ1n) is 6.38. The molecule has 1 fully saturated rings. The molecule has 1 saturated carbocycles. The molecular weight excluding hydrogens is 200 g/mol. The summed E-state index contributed by atoms with van der Waals surface area (Å²) >= 11 is 0. The third kappa shape index (κ3) is 2.76. The van der Waals surface area contributed by atoms with Gasteiger partial charge in [0, 0.05) is 7.11 Å². The van der Waals surface area contributed by atoms with E-state index in [9.17, 15) is 0 Å². The molecule has 0 bridgehead atoms. The minimum atomic E-state index is -0.0710. The Balaban J connectivity index is 2.79. The van der Waals surface area contributed by atoms with Crippen LogP contribution in [0.1, 0.15) is 53.4 Å². The van der Waals surface area contributed by atoms with E-state index >= 15 is 0 Å². The topological polar surface area (TPSA) is 47.3 Å². The summed E-state index contributed by atoms with van der Waals surface area (Å²) < 4.78 is 5.84. The smallest absolute Gasteiger partial charge is 0.0847 e. The van der Waals surface area contributed by atoms with E-state index in [1.54, 1.807) is 0 Å². The van der Waals surface area contributed by atoms with Gasteiger partial charge >= 0.3 is 0 Å². The fraction of sp³-hybridized carbons (Fsp3) is 1.00. The number of hydrogen-bond donors (Lipinski definition) is 2. The number of rotatable bonds is 4. The second kappa shape index (κ2) is 5.03. The molecule has 0 saturated heterocycles. The summed E-state index contributed by atoms with van der Waals surface area (Å²) in [5.41, 5.74) is 3.35. The molecule has 1 unspecified atom stereocenters. The molecule has 0 aromatic rings. The second-order valence-corrected chi connectivity index (χ2v) is 6.32. The molecule has 0 aliphatic heterocycles. The molecule has 0 spiro atoms. The van der Waals surface area contributed by atoms with Gasteiger partial charge in [0.1, 0.15) is 0 Å². The predicted octanol–water partition coefficient (Wildman–Crippen LogP) is 2.46. The third-order valence-electron chi connectivity index (χ3n) is 4.27. The third-order valence-corrected chi connectivity index (χ3v) is 4.27. The van der Waals surface area contributed by atoms with Crippen LogP contribution in [0.3, 0.4) is 0 Å². The molecule has 96 valence electrons. The van der Waals surface area contributed by atoms with Crippen LogP contribution in [0.5, 0.6) is 0 Å². The van der Waals surface area contributed by atoms with Crippen molar-refractivity contribution >= 4 is 0 Å². The van der Waals surface area contributed by atoms with E-state index in [1.807, 2.05) is 7.11 Å². The number of hydrogen-bond acceptors (Lipinski definition) is 3. The zero-order valence-corrected chi connectivity index (χ0v) is 11.5. The zero-order chi connectivity index (χ0) is 12.4. The van der Waals surface area contributed by atoms with Crippen molar-refractivity contribution in [2.24, 2.45) is 17.2 Å². The van der Waals surface area contributed by atoms with Crippen molar-refractivity contribution in [3.8, 4) is 0 Å². The normalized spacial score (nSPS) is 25.7. The van der Waals surface area contributed by atoms with Crippen LogP contribution in [0.15, 0.2) is 0 Å². The minimum Gasteiger partial charge on any atom is -0.377 e. The Morgan fingerprint density at radius 3 is 1.94 bits per heavy atom. The second-order valence-electron chi connectivity index (χ2n) is 6.32. The van der Waals surface area contributed by atoms with Crippen LogP contribution in [-0.2, 0) is 4.74 Å². The molecule has 0 aromatic carbocycles. The lowest BCUT2D eigenvalue weighted by Crippen LogP contribution is -2.59. The summed E-state index contributed by atoms with van der Waals surface area (Å²) in [7, 11) is 1.82. The molecule has 0 heterocycles. The molecule has 1 aliphatic rings. The van der Waals surface area contributed by atoms with E-state index in [-0.39, 0.29) is 11.6 Å². The van der Waals surface area contributed by atoms with E-state index in [2.05, 4.69) is 33.1 Å². The van der Waals surface area contributed by atoms with E-state index in [1.165, 1.54) is 12.8 Å². The van der Waals surface area contributed by atoms with Crippen LogP contribution in [0, 0.1) is 11.3 Å². The zero-order valence-electron chi connectivity index (χ0n) is 11.5. The fourth-order valence-electron chi connectivity index (χ4n) is 2.94. The highest BCUT2D eigenvalue weighted by Crippen LogP contribution is 2.44. The van der Waals surface area contributed by atoms with Crippen LogP contribution in [0.4, 0.5) is 0 Å². The number of hydrazine groups is 1. The van der Waals surface area contributed by atoms with Gasteiger partial charge in [-0.15, -0.1) is 0 Å². The molecule has 1 atom stereocenters. The summed E-state index contributed by atoms with van der Waals surface area (Å²) in [6.45, 7) is 9.08. The summed E-state index contributed by atoms with van der Waals surface area (Å²) in [5.74, 6) is 6.19. The van der Waals surface area contributed by atoms with E-state index in [0.29, 0.717) is 11.3 Å². The Bertz CT molecular complexity index is 216. The molecule has 1 rings (SSSR count).